The van der Waals surface area contributed by atoms with Gasteiger partial charge in [-0.15, -0.1) is 0 Å². The summed E-state index contributed by atoms with van der Waals surface area (Å²) in [4.78, 5) is 21.5. The summed E-state index contributed by atoms with van der Waals surface area (Å²) in [6.07, 6.45) is -0.0465. The normalized spacial score (nSPS) is 9.41. The minimum atomic E-state index is -0.918. The molecule has 17 heavy (non-hydrogen) atoms. The van der Waals surface area contributed by atoms with Gasteiger partial charge in [0, 0.05) is 12.1 Å². The van der Waals surface area contributed by atoms with Gasteiger partial charge in [-0.2, -0.15) is 5.26 Å². The van der Waals surface area contributed by atoms with Crippen LogP contribution in [0.5, 0.6) is 0 Å². The highest BCUT2D eigenvalue weighted by Gasteiger charge is 2.06. The molecule has 0 aliphatic rings. The van der Waals surface area contributed by atoms with Crippen LogP contribution in [0.3, 0.4) is 0 Å². The number of carboxylic acids is 1. The molecule has 1 aromatic rings. The number of Topliss-reactive ketones (excluding diaryl/α,β-unsaturated/α-hetero) is 1. The SMILES string of the molecule is CC(=O)c1ccc(C#N)c(NCCC(=O)O)c1. The lowest BCUT2D eigenvalue weighted by molar-refractivity contribution is -0.136. The number of nitrogens with one attached hydrogen (secondary N) is 1. The molecule has 1 rings (SSSR count). The number of benzene rings is 1. The van der Waals surface area contributed by atoms with Crippen molar-refractivity contribution in [2.75, 3.05) is 11.9 Å². The van der Waals surface area contributed by atoms with E-state index in [0.29, 0.717) is 16.8 Å². The van der Waals surface area contributed by atoms with Gasteiger partial charge in [-0.1, -0.05) is 0 Å². The summed E-state index contributed by atoms with van der Waals surface area (Å²) >= 11 is 0. The maximum absolute atomic E-state index is 11.2. The number of nitrogens with zero attached hydrogens (tertiary/aromatic N) is 1. The van der Waals surface area contributed by atoms with Gasteiger partial charge in [-0.05, 0) is 25.1 Å². The summed E-state index contributed by atoms with van der Waals surface area (Å²) in [6.45, 7) is 1.65. The molecule has 0 radical (unpaired) electrons. The van der Waals surface area contributed by atoms with Crippen LogP contribution in [-0.4, -0.2) is 23.4 Å². The average Bonchev–Trinajstić information content (AvgIpc) is 2.28. The van der Waals surface area contributed by atoms with Crippen LogP contribution in [0.25, 0.3) is 0 Å². The summed E-state index contributed by atoms with van der Waals surface area (Å²) in [5.74, 6) is -1.02. The van der Waals surface area contributed by atoms with Gasteiger partial charge in [0.05, 0.1) is 17.7 Å². The van der Waals surface area contributed by atoms with Crippen molar-refractivity contribution in [1.82, 2.24) is 0 Å². The van der Waals surface area contributed by atoms with Crippen LogP contribution in [0, 0.1) is 11.3 Å². The highest BCUT2D eigenvalue weighted by Crippen LogP contribution is 2.17. The Hall–Kier alpha value is -2.35. The maximum atomic E-state index is 11.2. The van der Waals surface area contributed by atoms with E-state index in [1.54, 1.807) is 18.2 Å². The van der Waals surface area contributed by atoms with Crippen molar-refractivity contribution in [1.29, 1.82) is 5.26 Å². The molecule has 0 aliphatic heterocycles. The molecule has 0 bridgehead atoms. The molecule has 5 nitrogen and oxygen atoms in total. The van der Waals surface area contributed by atoms with Crippen molar-refractivity contribution in [2.45, 2.75) is 13.3 Å². The molecular formula is C12H12N2O3. The average molecular weight is 232 g/mol. The fourth-order valence-corrected chi connectivity index (χ4v) is 1.31. The zero-order valence-corrected chi connectivity index (χ0v) is 9.36. The molecule has 2 N–H and O–H groups in total. The monoisotopic (exact) mass is 232 g/mol. The molecule has 0 aliphatic carbocycles. The largest absolute Gasteiger partial charge is 0.481 e. The predicted molar refractivity (Wildman–Crippen MR) is 61.9 cm³/mol. The minimum Gasteiger partial charge on any atom is -0.481 e. The first-order valence-corrected chi connectivity index (χ1v) is 5.05. The fourth-order valence-electron chi connectivity index (χ4n) is 1.31. The van der Waals surface area contributed by atoms with Gasteiger partial charge in [0.15, 0.2) is 5.78 Å². The standard InChI is InChI=1S/C12H12N2O3/c1-8(15)9-2-3-10(7-13)11(6-9)14-5-4-12(16)17/h2-3,6,14H,4-5H2,1H3,(H,16,17). The van der Waals surface area contributed by atoms with E-state index in [1.165, 1.54) is 6.92 Å². The lowest BCUT2D eigenvalue weighted by atomic mass is 10.1. The lowest BCUT2D eigenvalue weighted by Crippen LogP contribution is -2.09. The van der Waals surface area contributed by atoms with E-state index >= 15 is 0 Å². The first-order valence-electron chi connectivity index (χ1n) is 5.05. The third kappa shape index (κ3) is 3.61. The highest BCUT2D eigenvalue weighted by molar-refractivity contribution is 5.95. The highest BCUT2D eigenvalue weighted by atomic mass is 16.4. The molecule has 0 fully saturated rings. The Labute approximate surface area is 98.7 Å². The van der Waals surface area contributed by atoms with Crippen molar-refractivity contribution in [3.8, 4) is 6.07 Å². The zero-order chi connectivity index (χ0) is 12.8. The Morgan fingerprint density at radius 1 is 1.47 bits per heavy atom. The number of hydrogen-bond acceptors (Lipinski definition) is 4. The van der Waals surface area contributed by atoms with Crippen LogP contribution in [-0.2, 0) is 4.79 Å². The van der Waals surface area contributed by atoms with Crippen LogP contribution < -0.4 is 5.32 Å². The second-order valence-corrected chi connectivity index (χ2v) is 3.50. The quantitative estimate of drug-likeness (QED) is 0.753. The molecule has 0 spiro atoms. The van der Waals surface area contributed by atoms with E-state index in [2.05, 4.69) is 5.32 Å². The number of rotatable bonds is 5. The van der Waals surface area contributed by atoms with Crippen molar-refractivity contribution in [2.24, 2.45) is 0 Å². The van der Waals surface area contributed by atoms with E-state index in [4.69, 9.17) is 10.4 Å². The van der Waals surface area contributed by atoms with E-state index < -0.39 is 5.97 Å². The van der Waals surface area contributed by atoms with Gasteiger partial charge in [-0.3, -0.25) is 9.59 Å². The molecule has 0 aromatic heterocycles. The number of hydrogen-bond donors (Lipinski definition) is 2. The molecule has 0 amide bonds. The maximum Gasteiger partial charge on any atom is 0.305 e. The van der Waals surface area contributed by atoms with E-state index in [1.807, 2.05) is 6.07 Å². The van der Waals surface area contributed by atoms with Crippen molar-refractivity contribution in [3.63, 3.8) is 0 Å². The molecule has 88 valence electrons. The Morgan fingerprint density at radius 3 is 2.71 bits per heavy atom. The van der Waals surface area contributed by atoms with Crippen LogP contribution in [0.4, 0.5) is 5.69 Å². The topological polar surface area (TPSA) is 90.2 Å². The second kappa shape index (κ2) is 5.66. The Balaban J connectivity index is 2.87. The number of anilines is 1. The lowest BCUT2D eigenvalue weighted by Gasteiger charge is -2.08. The van der Waals surface area contributed by atoms with Gasteiger partial charge in [0.25, 0.3) is 0 Å². The van der Waals surface area contributed by atoms with E-state index in [-0.39, 0.29) is 18.7 Å². The molecule has 1 aromatic carbocycles. The third-order valence-electron chi connectivity index (χ3n) is 2.20. The van der Waals surface area contributed by atoms with Gasteiger partial charge in [-0.25, -0.2) is 0 Å². The van der Waals surface area contributed by atoms with Gasteiger partial charge in [0.1, 0.15) is 6.07 Å². The molecule has 0 unspecified atom stereocenters. The first-order chi connectivity index (χ1) is 8.04. The summed E-state index contributed by atoms with van der Waals surface area (Å²) in [5, 5.41) is 20.2. The Kier molecular flexibility index (Phi) is 4.23. The second-order valence-electron chi connectivity index (χ2n) is 3.50. The number of carbonyl (C=O) groups is 2. The molecular weight excluding hydrogens is 220 g/mol. The minimum absolute atomic E-state index is 0.0465. The Morgan fingerprint density at radius 2 is 2.18 bits per heavy atom. The number of ketones is 1. The summed E-state index contributed by atoms with van der Waals surface area (Å²) in [6, 6.07) is 6.65. The van der Waals surface area contributed by atoms with Crippen LogP contribution >= 0.6 is 0 Å². The van der Waals surface area contributed by atoms with Crippen molar-refractivity contribution >= 4 is 17.4 Å². The predicted octanol–water partition coefficient (Wildman–Crippen LogP) is 1.65. The summed E-state index contributed by atoms with van der Waals surface area (Å²) < 4.78 is 0. The van der Waals surface area contributed by atoms with Gasteiger partial charge in [0.2, 0.25) is 0 Å². The van der Waals surface area contributed by atoms with E-state index in [9.17, 15) is 9.59 Å². The number of nitriles is 1. The zero-order valence-electron chi connectivity index (χ0n) is 9.36. The van der Waals surface area contributed by atoms with Gasteiger partial charge >= 0.3 is 5.97 Å². The van der Waals surface area contributed by atoms with Crippen LogP contribution in [0.15, 0.2) is 18.2 Å². The molecule has 0 saturated carbocycles. The smallest absolute Gasteiger partial charge is 0.305 e. The fraction of sp³-hybridized carbons (Fsp3) is 0.250. The van der Waals surface area contributed by atoms with Crippen LogP contribution in [0.1, 0.15) is 29.3 Å². The van der Waals surface area contributed by atoms with Crippen molar-refractivity contribution < 1.29 is 14.7 Å². The first kappa shape index (κ1) is 12.7. The summed E-state index contributed by atoms with van der Waals surface area (Å²) in [7, 11) is 0. The Bertz CT molecular complexity index is 489. The summed E-state index contributed by atoms with van der Waals surface area (Å²) in [5.41, 5.74) is 1.36. The number of carboxylic acid groups (broad SMARTS) is 1. The molecule has 0 heterocycles. The van der Waals surface area contributed by atoms with E-state index in [0.717, 1.165) is 0 Å². The number of carbonyl (C=O) groups excluding carboxylic acids is 1. The molecule has 5 heteroatoms. The number of aliphatic carboxylic acids is 1. The van der Waals surface area contributed by atoms with Crippen LogP contribution in [0.2, 0.25) is 0 Å². The third-order valence-corrected chi connectivity index (χ3v) is 2.20. The molecule has 0 saturated heterocycles. The van der Waals surface area contributed by atoms with Gasteiger partial charge < -0.3 is 10.4 Å². The molecule has 0 atom stereocenters. The van der Waals surface area contributed by atoms with Crippen molar-refractivity contribution in [3.05, 3.63) is 29.3 Å².